The molecule has 0 aliphatic carbocycles. The molecule has 1 fully saturated rings. The number of rotatable bonds is 2. The van der Waals surface area contributed by atoms with Crippen molar-refractivity contribution in [3.05, 3.63) is 28.7 Å². The predicted molar refractivity (Wildman–Crippen MR) is 67.2 cm³/mol. The third-order valence-corrected chi connectivity index (χ3v) is 5.96. The van der Waals surface area contributed by atoms with Crippen molar-refractivity contribution in [2.45, 2.75) is 16.6 Å². The molecule has 0 radical (unpaired) electrons. The number of halogens is 1. The molecule has 16 heavy (non-hydrogen) atoms. The summed E-state index contributed by atoms with van der Waals surface area (Å²) in [4.78, 5) is 2.42. The quantitative estimate of drug-likeness (QED) is 0.838. The van der Waals surface area contributed by atoms with Crippen LogP contribution in [0.1, 0.15) is 6.92 Å². The molecule has 0 unspecified atom stereocenters. The van der Waals surface area contributed by atoms with Gasteiger partial charge in [-0.25, -0.2) is 8.42 Å². The standard InChI is InChI=1S/C11H14BrNO2S/c1-11(7-13(2)8-11)16(14,15)10-5-3-9(12)4-6-10/h3-6H,7-8H2,1-2H3. The Bertz CT molecular complexity index is 489. The molecular weight excluding hydrogens is 290 g/mol. The third kappa shape index (κ3) is 1.81. The molecule has 0 aromatic heterocycles. The van der Waals surface area contributed by atoms with Crippen LogP contribution in [0.5, 0.6) is 0 Å². The molecule has 0 saturated carbocycles. The summed E-state index contributed by atoms with van der Waals surface area (Å²) in [5, 5.41) is 0. The molecule has 0 bridgehead atoms. The number of hydrogen-bond donors (Lipinski definition) is 0. The van der Waals surface area contributed by atoms with Gasteiger partial charge in [-0.05, 0) is 38.2 Å². The van der Waals surface area contributed by atoms with Gasteiger partial charge in [-0.3, -0.25) is 0 Å². The van der Waals surface area contributed by atoms with Crippen molar-refractivity contribution in [3.63, 3.8) is 0 Å². The van der Waals surface area contributed by atoms with Gasteiger partial charge in [0.05, 0.1) is 9.64 Å². The fraction of sp³-hybridized carbons (Fsp3) is 0.455. The fourth-order valence-electron chi connectivity index (χ4n) is 2.16. The van der Waals surface area contributed by atoms with Gasteiger partial charge in [0, 0.05) is 17.6 Å². The lowest BCUT2D eigenvalue weighted by Gasteiger charge is -2.45. The summed E-state index contributed by atoms with van der Waals surface area (Å²) in [5.41, 5.74) is 0. The van der Waals surface area contributed by atoms with E-state index in [1.807, 2.05) is 18.9 Å². The van der Waals surface area contributed by atoms with Gasteiger partial charge in [0.25, 0.3) is 0 Å². The Morgan fingerprint density at radius 2 is 1.75 bits per heavy atom. The average Bonchev–Trinajstić information content (AvgIpc) is 2.16. The van der Waals surface area contributed by atoms with Crippen LogP contribution >= 0.6 is 15.9 Å². The van der Waals surface area contributed by atoms with Crippen molar-refractivity contribution in [2.24, 2.45) is 0 Å². The molecule has 1 heterocycles. The first kappa shape index (κ1) is 12.1. The maximum atomic E-state index is 12.4. The monoisotopic (exact) mass is 303 g/mol. The highest BCUT2D eigenvalue weighted by molar-refractivity contribution is 9.10. The van der Waals surface area contributed by atoms with E-state index in [1.54, 1.807) is 24.3 Å². The number of sulfone groups is 1. The molecule has 2 rings (SSSR count). The molecule has 0 atom stereocenters. The van der Waals surface area contributed by atoms with Crippen LogP contribution in [0.2, 0.25) is 0 Å². The van der Waals surface area contributed by atoms with Crippen LogP contribution in [0.4, 0.5) is 0 Å². The minimum atomic E-state index is -3.21. The Hall–Kier alpha value is -0.390. The van der Waals surface area contributed by atoms with Crippen LogP contribution in [-0.4, -0.2) is 38.2 Å². The summed E-state index contributed by atoms with van der Waals surface area (Å²) in [7, 11) is -1.28. The van der Waals surface area contributed by atoms with Gasteiger partial charge in [-0.2, -0.15) is 0 Å². The van der Waals surface area contributed by atoms with Crippen LogP contribution in [0.3, 0.4) is 0 Å². The molecule has 3 nitrogen and oxygen atoms in total. The first-order valence-electron chi connectivity index (χ1n) is 5.04. The van der Waals surface area contributed by atoms with Crippen molar-refractivity contribution in [1.29, 1.82) is 0 Å². The van der Waals surface area contributed by atoms with Gasteiger partial charge >= 0.3 is 0 Å². The Labute approximate surface area is 105 Å². The van der Waals surface area contributed by atoms with Gasteiger partial charge in [0.1, 0.15) is 0 Å². The van der Waals surface area contributed by atoms with E-state index in [-0.39, 0.29) is 0 Å². The summed E-state index contributed by atoms with van der Waals surface area (Å²) >= 11 is 3.30. The molecule has 1 aromatic rings. The molecule has 0 spiro atoms. The van der Waals surface area contributed by atoms with Gasteiger partial charge in [0.15, 0.2) is 9.84 Å². The zero-order chi connectivity index (χ0) is 12.0. The van der Waals surface area contributed by atoms with Crippen LogP contribution < -0.4 is 0 Å². The summed E-state index contributed by atoms with van der Waals surface area (Å²) in [6.07, 6.45) is 0. The summed E-state index contributed by atoms with van der Waals surface area (Å²) in [5.74, 6) is 0. The minimum absolute atomic E-state index is 0.409. The lowest BCUT2D eigenvalue weighted by atomic mass is 10.0. The van der Waals surface area contributed by atoms with E-state index in [9.17, 15) is 8.42 Å². The Balaban J connectivity index is 2.36. The number of nitrogens with zero attached hydrogens (tertiary/aromatic N) is 1. The van der Waals surface area contributed by atoms with Gasteiger partial charge < -0.3 is 4.90 Å². The lowest BCUT2D eigenvalue weighted by molar-refractivity contribution is 0.168. The third-order valence-electron chi connectivity index (χ3n) is 2.98. The predicted octanol–water partition coefficient (Wildman–Crippen LogP) is 1.93. The molecule has 5 heteroatoms. The summed E-state index contributed by atoms with van der Waals surface area (Å²) in [6, 6.07) is 6.84. The highest BCUT2D eigenvalue weighted by atomic mass is 79.9. The van der Waals surface area contributed by atoms with E-state index < -0.39 is 14.6 Å². The molecule has 1 saturated heterocycles. The minimum Gasteiger partial charge on any atom is -0.303 e. The second-order valence-electron chi connectivity index (χ2n) is 4.58. The number of likely N-dealkylation sites (tertiary alicyclic amines) is 1. The molecule has 0 amide bonds. The molecule has 1 aliphatic heterocycles. The normalized spacial score (nSPS) is 20.4. The highest BCUT2D eigenvalue weighted by Gasteiger charge is 2.48. The molecule has 0 N–H and O–H groups in total. The fourth-order valence-corrected chi connectivity index (χ4v) is 4.27. The maximum absolute atomic E-state index is 12.4. The van der Waals surface area contributed by atoms with Gasteiger partial charge in [0.2, 0.25) is 0 Å². The number of benzene rings is 1. The topological polar surface area (TPSA) is 37.4 Å². The Morgan fingerprint density at radius 3 is 2.19 bits per heavy atom. The van der Waals surface area contributed by atoms with Gasteiger partial charge in [-0.1, -0.05) is 15.9 Å². The molecule has 1 aromatic carbocycles. The van der Waals surface area contributed by atoms with Crippen molar-refractivity contribution in [3.8, 4) is 0 Å². The summed E-state index contributed by atoms with van der Waals surface area (Å²) < 4.78 is 25.0. The molecule has 88 valence electrons. The summed E-state index contributed by atoms with van der Waals surface area (Å²) in [6.45, 7) is 3.02. The van der Waals surface area contributed by atoms with Crippen LogP contribution in [0, 0.1) is 0 Å². The Morgan fingerprint density at radius 1 is 1.25 bits per heavy atom. The van der Waals surface area contributed by atoms with E-state index in [0.29, 0.717) is 18.0 Å². The largest absolute Gasteiger partial charge is 0.303 e. The van der Waals surface area contributed by atoms with Crippen LogP contribution in [0.15, 0.2) is 33.6 Å². The SMILES string of the molecule is CN1CC(C)(S(=O)(=O)c2ccc(Br)cc2)C1. The second kappa shape index (κ2) is 3.82. The van der Waals surface area contributed by atoms with E-state index in [4.69, 9.17) is 0 Å². The Kier molecular flexibility index (Phi) is 2.88. The van der Waals surface area contributed by atoms with Crippen molar-refractivity contribution in [2.75, 3.05) is 20.1 Å². The van der Waals surface area contributed by atoms with E-state index in [1.165, 1.54) is 0 Å². The zero-order valence-electron chi connectivity index (χ0n) is 9.27. The van der Waals surface area contributed by atoms with Crippen molar-refractivity contribution >= 4 is 25.8 Å². The smallest absolute Gasteiger partial charge is 0.186 e. The van der Waals surface area contributed by atoms with Crippen molar-refractivity contribution in [1.82, 2.24) is 4.90 Å². The highest BCUT2D eigenvalue weighted by Crippen LogP contribution is 2.33. The van der Waals surface area contributed by atoms with Crippen LogP contribution in [0.25, 0.3) is 0 Å². The first-order valence-corrected chi connectivity index (χ1v) is 7.31. The van der Waals surface area contributed by atoms with E-state index in [2.05, 4.69) is 15.9 Å². The van der Waals surface area contributed by atoms with Gasteiger partial charge in [-0.15, -0.1) is 0 Å². The van der Waals surface area contributed by atoms with Crippen LogP contribution in [-0.2, 0) is 9.84 Å². The lowest BCUT2D eigenvalue weighted by Crippen LogP contribution is -2.62. The zero-order valence-corrected chi connectivity index (χ0v) is 11.7. The number of hydrogen-bond acceptors (Lipinski definition) is 3. The van der Waals surface area contributed by atoms with E-state index >= 15 is 0 Å². The molecule has 1 aliphatic rings. The average molecular weight is 304 g/mol. The van der Waals surface area contributed by atoms with E-state index in [0.717, 1.165) is 4.47 Å². The first-order chi connectivity index (χ1) is 7.35. The van der Waals surface area contributed by atoms with Crippen molar-refractivity contribution < 1.29 is 8.42 Å². The second-order valence-corrected chi connectivity index (χ2v) is 7.96. The maximum Gasteiger partial charge on any atom is 0.186 e. The molecular formula is C11H14BrNO2S.